The second-order valence-corrected chi connectivity index (χ2v) is 4.01. The highest BCUT2D eigenvalue weighted by molar-refractivity contribution is 5.45. The first-order valence-electron chi connectivity index (χ1n) is 5.42. The number of nitrogens with two attached hydrogens (primary N) is 1. The van der Waals surface area contributed by atoms with Crippen LogP contribution in [0.4, 0.5) is 0 Å². The molecule has 2 aromatic rings. The summed E-state index contributed by atoms with van der Waals surface area (Å²) >= 11 is 0. The largest absolute Gasteiger partial charge is 0.508 e. The summed E-state index contributed by atoms with van der Waals surface area (Å²) in [6, 6.07) is 16.1. The van der Waals surface area contributed by atoms with Gasteiger partial charge < -0.3 is 15.9 Å². The van der Waals surface area contributed by atoms with E-state index in [-0.39, 0.29) is 12.4 Å². The molecule has 0 spiro atoms. The SMILES string of the molecule is N[C@](CO)(c1ccccc1)c1ccccc1O. The fraction of sp³-hybridized carbons (Fsp3) is 0.143. The smallest absolute Gasteiger partial charge is 0.121 e. The summed E-state index contributed by atoms with van der Waals surface area (Å²) in [5.74, 6) is 0.0907. The van der Waals surface area contributed by atoms with Gasteiger partial charge in [0.15, 0.2) is 0 Å². The third-order valence-corrected chi connectivity index (χ3v) is 2.92. The Kier molecular flexibility index (Phi) is 3.13. The molecule has 0 unspecified atom stereocenters. The number of rotatable bonds is 3. The molecule has 0 aliphatic rings. The zero-order valence-electron chi connectivity index (χ0n) is 9.38. The van der Waals surface area contributed by atoms with Crippen LogP contribution in [0.5, 0.6) is 5.75 Å². The van der Waals surface area contributed by atoms with Gasteiger partial charge in [-0.2, -0.15) is 0 Å². The van der Waals surface area contributed by atoms with E-state index in [0.717, 1.165) is 5.56 Å². The fourth-order valence-corrected chi connectivity index (χ4v) is 1.92. The van der Waals surface area contributed by atoms with Gasteiger partial charge in [0.1, 0.15) is 5.75 Å². The molecule has 0 fully saturated rings. The molecule has 0 bridgehead atoms. The van der Waals surface area contributed by atoms with E-state index in [2.05, 4.69) is 0 Å². The van der Waals surface area contributed by atoms with Crippen LogP contribution in [0.25, 0.3) is 0 Å². The number of hydrogen-bond acceptors (Lipinski definition) is 3. The van der Waals surface area contributed by atoms with Gasteiger partial charge in [0.25, 0.3) is 0 Å². The van der Waals surface area contributed by atoms with E-state index in [0.29, 0.717) is 5.56 Å². The standard InChI is InChI=1S/C14H15NO2/c15-14(10-16,11-6-2-1-3-7-11)12-8-4-5-9-13(12)17/h1-9,16-17H,10,15H2/t14-/m1/s1. The second-order valence-electron chi connectivity index (χ2n) is 4.01. The van der Waals surface area contributed by atoms with E-state index < -0.39 is 5.54 Å². The lowest BCUT2D eigenvalue weighted by Gasteiger charge is -2.29. The first kappa shape index (κ1) is 11.6. The molecular formula is C14H15NO2. The quantitative estimate of drug-likeness (QED) is 0.748. The van der Waals surface area contributed by atoms with Crippen molar-refractivity contribution in [1.82, 2.24) is 0 Å². The third kappa shape index (κ3) is 2.02. The van der Waals surface area contributed by atoms with E-state index >= 15 is 0 Å². The molecule has 3 nitrogen and oxygen atoms in total. The molecule has 0 radical (unpaired) electrons. The van der Waals surface area contributed by atoms with Crippen LogP contribution in [0.2, 0.25) is 0 Å². The van der Waals surface area contributed by atoms with Crippen molar-refractivity contribution < 1.29 is 10.2 Å². The number of hydrogen-bond donors (Lipinski definition) is 3. The molecule has 1 atom stereocenters. The molecule has 0 aliphatic carbocycles. The lowest BCUT2D eigenvalue weighted by atomic mass is 9.84. The van der Waals surface area contributed by atoms with Crippen molar-refractivity contribution in [2.45, 2.75) is 5.54 Å². The summed E-state index contributed by atoms with van der Waals surface area (Å²) in [5, 5.41) is 19.4. The Bertz CT molecular complexity index is 499. The zero-order chi connectivity index (χ0) is 12.3. The number of phenolic OH excluding ortho intramolecular Hbond substituents is 1. The van der Waals surface area contributed by atoms with Crippen LogP contribution in [0.3, 0.4) is 0 Å². The third-order valence-electron chi connectivity index (χ3n) is 2.92. The van der Waals surface area contributed by atoms with Gasteiger partial charge in [0, 0.05) is 5.56 Å². The van der Waals surface area contributed by atoms with Crippen molar-refractivity contribution in [3.05, 3.63) is 65.7 Å². The van der Waals surface area contributed by atoms with Gasteiger partial charge in [-0.15, -0.1) is 0 Å². The molecule has 4 N–H and O–H groups in total. The van der Waals surface area contributed by atoms with Crippen molar-refractivity contribution >= 4 is 0 Å². The van der Waals surface area contributed by atoms with E-state index in [4.69, 9.17) is 5.73 Å². The molecule has 0 saturated heterocycles. The van der Waals surface area contributed by atoms with E-state index in [1.165, 1.54) is 0 Å². The molecule has 0 saturated carbocycles. The van der Waals surface area contributed by atoms with E-state index in [9.17, 15) is 10.2 Å². The van der Waals surface area contributed by atoms with Crippen LogP contribution in [0.15, 0.2) is 54.6 Å². The molecule has 17 heavy (non-hydrogen) atoms. The number of phenols is 1. The summed E-state index contributed by atoms with van der Waals surface area (Å²) in [5.41, 5.74) is 6.44. The fourth-order valence-electron chi connectivity index (χ4n) is 1.92. The Morgan fingerprint density at radius 2 is 1.53 bits per heavy atom. The number of aliphatic hydroxyl groups is 1. The predicted octanol–water partition coefficient (Wildman–Crippen LogP) is 1.59. The molecule has 0 aliphatic heterocycles. The maximum atomic E-state index is 9.85. The average Bonchev–Trinajstić information content (AvgIpc) is 2.39. The van der Waals surface area contributed by atoms with E-state index in [1.807, 2.05) is 30.3 Å². The highest BCUT2D eigenvalue weighted by Crippen LogP contribution is 2.32. The second kappa shape index (κ2) is 4.57. The van der Waals surface area contributed by atoms with Crippen molar-refractivity contribution in [2.24, 2.45) is 5.73 Å². The first-order valence-corrected chi connectivity index (χ1v) is 5.42. The summed E-state index contributed by atoms with van der Waals surface area (Å²) in [4.78, 5) is 0. The van der Waals surface area contributed by atoms with Crippen molar-refractivity contribution in [3.8, 4) is 5.75 Å². The van der Waals surface area contributed by atoms with Crippen LogP contribution >= 0.6 is 0 Å². The molecule has 2 rings (SSSR count). The van der Waals surface area contributed by atoms with Gasteiger partial charge in [-0.3, -0.25) is 0 Å². The Morgan fingerprint density at radius 1 is 0.941 bits per heavy atom. The Hall–Kier alpha value is -1.84. The minimum absolute atomic E-state index is 0.0907. The number of aliphatic hydroxyl groups excluding tert-OH is 1. The number of benzene rings is 2. The molecule has 0 aromatic heterocycles. The summed E-state index contributed by atoms with van der Waals surface area (Å²) in [6.07, 6.45) is 0. The predicted molar refractivity (Wildman–Crippen MR) is 66.6 cm³/mol. The van der Waals surface area contributed by atoms with Crippen LogP contribution in [0.1, 0.15) is 11.1 Å². The van der Waals surface area contributed by atoms with Crippen molar-refractivity contribution in [3.63, 3.8) is 0 Å². The Morgan fingerprint density at radius 3 is 2.12 bits per heavy atom. The lowest BCUT2D eigenvalue weighted by molar-refractivity contribution is 0.220. The normalized spacial score (nSPS) is 14.2. The molecule has 3 heteroatoms. The van der Waals surface area contributed by atoms with Gasteiger partial charge in [0.2, 0.25) is 0 Å². The minimum atomic E-state index is -1.08. The van der Waals surface area contributed by atoms with Gasteiger partial charge in [-0.25, -0.2) is 0 Å². The van der Waals surface area contributed by atoms with Gasteiger partial charge in [-0.1, -0.05) is 48.5 Å². The van der Waals surface area contributed by atoms with Gasteiger partial charge >= 0.3 is 0 Å². The zero-order valence-corrected chi connectivity index (χ0v) is 9.38. The topological polar surface area (TPSA) is 66.5 Å². The average molecular weight is 229 g/mol. The van der Waals surface area contributed by atoms with Gasteiger partial charge in [-0.05, 0) is 11.6 Å². The summed E-state index contributed by atoms with van der Waals surface area (Å²) in [6.45, 7) is -0.269. The highest BCUT2D eigenvalue weighted by Gasteiger charge is 2.31. The van der Waals surface area contributed by atoms with Crippen LogP contribution in [-0.2, 0) is 5.54 Å². The van der Waals surface area contributed by atoms with E-state index in [1.54, 1.807) is 24.3 Å². The highest BCUT2D eigenvalue weighted by atomic mass is 16.3. The van der Waals surface area contributed by atoms with Crippen molar-refractivity contribution in [2.75, 3.05) is 6.61 Å². The number of para-hydroxylation sites is 1. The molecule has 2 aromatic carbocycles. The van der Waals surface area contributed by atoms with Crippen LogP contribution in [0, 0.1) is 0 Å². The molecular weight excluding hydrogens is 214 g/mol. The summed E-state index contributed by atoms with van der Waals surface area (Å²) < 4.78 is 0. The Balaban J connectivity index is 2.56. The Labute approximate surface area is 100 Å². The molecule has 0 amide bonds. The van der Waals surface area contributed by atoms with Crippen molar-refractivity contribution in [1.29, 1.82) is 0 Å². The maximum Gasteiger partial charge on any atom is 0.121 e. The monoisotopic (exact) mass is 229 g/mol. The molecule has 88 valence electrons. The minimum Gasteiger partial charge on any atom is -0.508 e. The number of aromatic hydroxyl groups is 1. The van der Waals surface area contributed by atoms with Gasteiger partial charge in [0.05, 0.1) is 12.1 Å². The van der Waals surface area contributed by atoms with Crippen LogP contribution < -0.4 is 5.73 Å². The summed E-state index contributed by atoms with van der Waals surface area (Å²) in [7, 11) is 0. The maximum absolute atomic E-state index is 9.85. The molecule has 0 heterocycles. The first-order chi connectivity index (χ1) is 8.18. The van der Waals surface area contributed by atoms with Crippen LogP contribution in [-0.4, -0.2) is 16.8 Å². The lowest BCUT2D eigenvalue weighted by Crippen LogP contribution is -2.41.